The van der Waals surface area contributed by atoms with Crippen LogP contribution >= 0.6 is 11.6 Å². The number of amidine groups is 1. The number of oxime groups is 1. The molecule has 0 saturated carbocycles. The van der Waals surface area contributed by atoms with Gasteiger partial charge < -0.3 is 9.57 Å². The van der Waals surface area contributed by atoms with Gasteiger partial charge in [-0.2, -0.15) is 13.2 Å². The van der Waals surface area contributed by atoms with Crippen LogP contribution in [0.3, 0.4) is 0 Å². The summed E-state index contributed by atoms with van der Waals surface area (Å²) in [6.07, 6.45) is -4.37. The number of ether oxygens (including phenoxy) is 1. The van der Waals surface area contributed by atoms with Crippen molar-refractivity contribution in [1.29, 1.82) is 0 Å². The number of hydrazine groups is 2. The van der Waals surface area contributed by atoms with Gasteiger partial charge in [-0.1, -0.05) is 28.9 Å². The summed E-state index contributed by atoms with van der Waals surface area (Å²) in [6, 6.07) is 7.95. The zero-order chi connectivity index (χ0) is 20.9. The molecule has 3 rings (SSSR count). The lowest BCUT2D eigenvalue weighted by molar-refractivity contribution is -0.137. The molecule has 1 aromatic carbocycles. The molecule has 0 saturated heterocycles. The third kappa shape index (κ3) is 5.72. The van der Waals surface area contributed by atoms with Gasteiger partial charge in [0.05, 0.1) is 11.3 Å². The Morgan fingerprint density at radius 1 is 1.14 bits per heavy atom. The van der Waals surface area contributed by atoms with Crippen molar-refractivity contribution in [2.45, 2.75) is 19.7 Å². The van der Waals surface area contributed by atoms with Crippen LogP contribution in [0.25, 0.3) is 0 Å². The van der Waals surface area contributed by atoms with Gasteiger partial charge in [-0.15, -0.1) is 10.6 Å². The number of benzene rings is 1. The maximum absolute atomic E-state index is 12.6. The Labute approximate surface area is 168 Å². The van der Waals surface area contributed by atoms with Crippen LogP contribution in [0.5, 0.6) is 5.88 Å². The average molecular weight is 429 g/mol. The second kappa shape index (κ2) is 8.97. The highest BCUT2D eigenvalue weighted by Crippen LogP contribution is 2.29. The summed E-state index contributed by atoms with van der Waals surface area (Å²) in [6.45, 7) is 1.84. The Hall–Kier alpha value is -3.05. The minimum absolute atomic E-state index is 0.0128. The van der Waals surface area contributed by atoms with Gasteiger partial charge in [0, 0.05) is 11.6 Å². The third-order valence-electron chi connectivity index (χ3n) is 3.74. The van der Waals surface area contributed by atoms with Crippen molar-refractivity contribution in [2.75, 3.05) is 6.61 Å². The molecule has 8 nitrogen and oxygen atoms in total. The van der Waals surface area contributed by atoms with Crippen LogP contribution in [-0.4, -0.2) is 23.1 Å². The molecule has 12 heteroatoms. The highest BCUT2D eigenvalue weighted by molar-refractivity contribution is 6.33. The first-order chi connectivity index (χ1) is 13.8. The van der Waals surface area contributed by atoms with Crippen LogP contribution in [0.15, 0.2) is 46.7 Å². The van der Waals surface area contributed by atoms with Crippen molar-refractivity contribution in [3.8, 4) is 5.88 Å². The summed E-state index contributed by atoms with van der Waals surface area (Å²) < 4.78 is 43.1. The molecule has 0 spiro atoms. The predicted molar refractivity (Wildman–Crippen MR) is 100 cm³/mol. The Balaban J connectivity index is 1.56. The van der Waals surface area contributed by atoms with Crippen molar-refractivity contribution >= 4 is 23.1 Å². The summed E-state index contributed by atoms with van der Waals surface area (Å²) in [5.74, 6) is 0.843. The van der Waals surface area contributed by atoms with Crippen molar-refractivity contribution in [2.24, 2.45) is 10.3 Å². The third-order valence-corrected chi connectivity index (χ3v) is 4.03. The lowest BCUT2D eigenvalue weighted by atomic mass is 10.1. The maximum Gasteiger partial charge on any atom is 0.416 e. The summed E-state index contributed by atoms with van der Waals surface area (Å²) in [5.41, 5.74) is 8.63. The minimum atomic E-state index is -4.37. The fraction of sp³-hybridized carbons (Fsp3) is 0.235. The maximum atomic E-state index is 12.6. The van der Waals surface area contributed by atoms with Gasteiger partial charge in [0.25, 0.3) is 0 Å². The SMILES string of the molecule is C/C(=N\OCc1ccc(C(F)(F)F)cc1)c1ccc(OCC2=NNNN2)nc1Cl. The molecule has 1 aromatic heterocycles. The van der Waals surface area contributed by atoms with E-state index in [9.17, 15) is 13.2 Å². The monoisotopic (exact) mass is 428 g/mol. The van der Waals surface area contributed by atoms with Gasteiger partial charge in [0.15, 0.2) is 12.4 Å². The van der Waals surface area contributed by atoms with Crippen LogP contribution in [0.1, 0.15) is 23.6 Å². The molecule has 1 aliphatic rings. The standard InChI is InChI=1S/C17H16ClF3N6O2/c1-10(25-29-8-11-2-4-12(5-3-11)17(19,20)21)13-6-7-15(22-16(13)18)28-9-14-23-26-27-24-14/h2-7,26-27H,8-9H2,1H3,(H,23,24)/b25-10+. The molecule has 0 fully saturated rings. The topological polar surface area (TPSA) is 92.2 Å². The predicted octanol–water partition coefficient (Wildman–Crippen LogP) is 3.00. The van der Waals surface area contributed by atoms with Crippen LogP contribution < -0.4 is 21.2 Å². The van der Waals surface area contributed by atoms with E-state index in [-0.39, 0.29) is 18.4 Å². The van der Waals surface area contributed by atoms with Gasteiger partial charge in [-0.05, 0) is 30.7 Å². The highest BCUT2D eigenvalue weighted by atomic mass is 35.5. The average Bonchev–Trinajstić information content (AvgIpc) is 3.19. The zero-order valence-corrected chi connectivity index (χ0v) is 15.8. The molecule has 0 amide bonds. The number of hydrogen-bond acceptors (Lipinski definition) is 8. The van der Waals surface area contributed by atoms with E-state index in [1.54, 1.807) is 19.1 Å². The van der Waals surface area contributed by atoms with E-state index in [2.05, 4.69) is 31.7 Å². The van der Waals surface area contributed by atoms with E-state index in [4.69, 9.17) is 21.2 Å². The summed E-state index contributed by atoms with van der Waals surface area (Å²) in [4.78, 5) is 9.34. The Kier molecular flexibility index (Phi) is 6.39. The second-order valence-corrected chi connectivity index (χ2v) is 6.20. The van der Waals surface area contributed by atoms with E-state index < -0.39 is 11.7 Å². The smallest absolute Gasteiger partial charge is 0.416 e. The summed E-state index contributed by atoms with van der Waals surface area (Å²) in [7, 11) is 0. The van der Waals surface area contributed by atoms with E-state index >= 15 is 0 Å². The Morgan fingerprint density at radius 2 is 1.90 bits per heavy atom. The highest BCUT2D eigenvalue weighted by Gasteiger charge is 2.29. The number of alkyl halides is 3. The minimum Gasteiger partial charge on any atom is -0.469 e. The molecule has 1 aliphatic heterocycles. The zero-order valence-electron chi connectivity index (χ0n) is 15.0. The molecule has 2 heterocycles. The van der Waals surface area contributed by atoms with Gasteiger partial charge in [-0.3, -0.25) is 5.43 Å². The van der Waals surface area contributed by atoms with E-state index in [0.29, 0.717) is 28.6 Å². The molecule has 0 radical (unpaired) electrons. The second-order valence-electron chi connectivity index (χ2n) is 5.84. The van der Waals surface area contributed by atoms with Crippen LogP contribution in [0, 0.1) is 0 Å². The molecule has 0 unspecified atom stereocenters. The van der Waals surface area contributed by atoms with Gasteiger partial charge >= 0.3 is 6.18 Å². The van der Waals surface area contributed by atoms with Crippen molar-refractivity contribution in [3.63, 3.8) is 0 Å². The number of hydrazone groups is 1. The Morgan fingerprint density at radius 3 is 2.52 bits per heavy atom. The molecule has 29 heavy (non-hydrogen) atoms. The number of rotatable bonds is 7. The van der Waals surface area contributed by atoms with Gasteiger partial charge in [-0.25, -0.2) is 10.5 Å². The normalized spacial score (nSPS) is 14.1. The summed E-state index contributed by atoms with van der Waals surface area (Å²) in [5, 5.41) is 7.97. The van der Waals surface area contributed by atoms with E-state index in [1.807, 2.05) is 0 Å². The fourth-order valence-corrected chi connectivity index (χ4v) is 2.53. The van der Waals surface area contributed by atoms with Crippen LogP contribution in [-0.2, 0) is 17.6 Å². The molecular weight excluding hydrogens is 413 g/mol. The van der Waals surface area contributed by atoms with Gasteiger partial charge in [0.2, 0.25) is 5.88 Å². The van der Waals surface area contributed by atoms with E-state index in [1.165, 1.54) is 12.1 Å². The molecule has 0 aliphatic carbocycles. The first-order valence-corrected chi connectivity index (χ1v) is 8.66. The van der Waals surface area contributed by atoms with Crippen molar-refractivity contribution < 1.29 is 22.7 Å². The first kappa shape index (κ1) is 20.7. The molecule has 0 bridgehead atoms. The Bertz CT molecular complexity index is 918. The molecule has 154 valence electrons. The number of halogens is 4. The molecule has 2 aromatic rings. The first-order valence-electron chi connectivity index (χ1n) is 8.28. The molecule has 3 N–H and O–H groups in total. The molecule has 0 atom stereocenters. The van der Waals surface area contributed by atoms with E-state index in [0.717, 1.165) is 12.1 Å². The van der Waals surface area contributed by atoms with Crippen molar-refractivity contribution in [3.05, 3.63) is 58.2 Å². The lowest BCUT2D eigenvalue weighted by Gasteiger charge is -2.09. The number of aromatic nitrogens is 1. The van der Waals surface area contributed by atoms with Crippen LogP contribution in [0.2, 0.25) is 5.15 Å². The number of nitrogens with one attached hydrogen (secondary N) is 3. The fourth-order valence-electron chi connectivity index (χ4n) is 2.24. The molecular formula is C17H16ClF3N6O2. The van der Waals surface area contributed by atoms with Crippen LogP contribution in [0.4, 0.5) is 13.2 Å². The number of pyridine rings is 1. The van der Waals surface area contributed by atoms with Crippen molar-refractivity contribution in [1.82, 2.24) is 21.5 Å². The lowest BCUT2D eigenvalue weighted by Crippen LogP contribution is -2.37. The summed E-state index contributed by atoms with van der Waals surface area (Å²) >= 11 is 6.17. The quantitative estimate of drug-likeness (QED) is 0.357. The van der Waals surface area contributed by atoms with Gasteiger partial charge in [0.1, 0.15) is 11.8 Å². The number of nitrogens with zero attached hydrogens (tertiary/aromatic N) is 3. The number of hydrogen-bond donors (Lipinski definition) is 3. The largest absolute Gasteiger partial charge is 0.469 e.